The molecule has 47 heavy (non-hydrogen) atoms. The van der Waals surface area contributed by atoms with Gasteiger partial charge in [-0.25, -0.2) is 13.6 Å². The van der Waals surface area contributed by atoms with E-state index in [1.807, 2.05) is 0 Å². The van der Waals surface area contributed by atoms with Crippen LogP contribution in [-0.4, -0.2) is 102 Å². The highest BCUT2D eigenvalue weighted by atomic mass is 35.5. The Balaban J connectivity index is 0.00000433. The quantitative estimate of drug-likeness (QED) is 0.263. The maximum Gasteiger partial charge on any atom is 0.320 e. The van der Waals surface area contributed by atoms with Gasteiger partial charge in [0, 0.05) is 61.2 Å². The number of halogens is 3. The van der Waals surface area contributed by atoms with Gasteiger partial charge < -0.3 is 19.6 Å². The molecule has 2 aromatic rings. The maximum atomic E-state index is 13.8. The van der Waals surface area contributed by atoms with Crippen molar-refractivity contribution in [1.29, 1.82) is 0 Å². The zero-order valence-electron chi connectivity index (χ0n) is 27.3. The molecule has 0 aliphatic carbocycles. The first-order valence-electron chi connectivity index (χ1n) is 17.5. The molecule has 10 heteroatoms. The fourth-order valence-corrected chi connectivity index (χ4v) is 8.14. The van der Waals surface area contributed by atoms with Gasteiger partial charge in [-0.15, -0.1) is 12.4 Å². The highest BCUT2D eigenvalue weighted by Gasteiger charge is 2.37. The second-order valence-corrected chi connectivity index (χ2v) is 13.8. The van der Waals surface area contributed by atoms with E-state index < -0.39 is 0 Å². The number of piperidine rings is 2. The third kappa shape index (κ3) is 8.78. The molecule has 0 radical (unpaired) electrons. The maximum absolute atomic E-state index is 13.8. The lowest BCUT2D eigenvalue weighted by molar-refractivity contribution is 0.0828. The van der Waals surface area contributed by atoms with Gasteiger partial charge in [0.2, 0.25) is 0 Å². The highest BCUT2D eigenvalue weighted by molar-refractivity contribution is 5.98. The standard InChI is InChI=1S/C37H48F2N4O3.ClH/c38-31-9-5-27(6-10-31)35(44)29-13-21-40(22-14-29)25-17-33-3-1-19-42(33)37(46)43-20-2-4-34(43)18-26-41-23-15-30(16-24-41)36(45)28-7-11-32(39)12-8-28;/h5-12,29-30,33-34H,1-4,13-26H2;1H. The second-order valence-electron chi connectivity index (χ2n) is 13.8. The average Bonchev–Trinajstić information content (AvgIpc) is 3.77. The summed E-state index contributed by atoms with van der Waals surface area (Å²) in [6.45, 7) is 7.06. The Labute approximate surface area is 284 Å². The molecule has 0 spiro atoms. The van der Waals surface area contributed by atoms with E-state index in [-0.39, 0.29) is 65.6 Å². The van der Waals surface area contributed by atoms with E-state index in [1.165, 1.54) is 24.3 Å². The Morgan fingerprint density at radius 3 is 1.28 bits per heavy atom. The SMILES string of the molecule is Cl.O=C(c1ccc(F)cc1)C1CCN(CCC2CCCN2C(=O)N2CCCC2CCN2CCC(C(=O)c3ccc(F)cc3)CC2)CC1. The van der Waals surface area contributed by atoms with Crippen LogP contribution in [0.25, 0.3) is 0 Å². The number of carbonyl (C=O) groups excluding carboxylic acids is 3. The van der Waals surface area contributed by atoms with Crippen molar-refractivity contribution in [1.82, 2.24) is 19.6 Å². The second kappa shape index (κ2) is 16.5. The number of hydrogen-bond donors (Lipinski definition) is 0. The van der Waals surface area contributed by atoms with Crippen LogP contribution in [0.15, 0.2) is 48.5 Å². The lowest BCUT2D eigenvalue weighted by Crippen LogP contribution is -2.49. The minimum absolute atomic E-state index is 0. The molecule has 7 nitrogen and oxygen atoms in total. The fourth-order valence-electron chi connectivity index (χ4n) is 8.14. The lowest BCUT2D eigenvalue weighted by Gasteiger charge is -2.36. The summed E-state index contributed by atoms with van der Waals surface area (Å²) in [4.78, 5) is 48.7. The molecule has 4 fully saturated rings. The zero-order chi connectivity index (χ0) is 32.0. The van der Waals surface area contributed by atoms with E-state index in [0.29, 0.717) is 11.1 Å². The molecule has 0 aromatic heterocycles. The summed E-state index contributed by atoms with van der Waals surface area (Å²) < 4.78 is 26.5. The Hall–Kier alpha value is -2.88. The number of amides is 2. The number of rotatable bonds is 10. The first kappa shape index (κ1) is 35.4. The van der Waals surface area contributed by atoms with Crippen LogP contribution in [-0.2, 0) is 0 Å². The third-order valence-electron chi connectivity index (χ3n) is 11.0. The molecule has 2 atom stereocenters. The summed E-state index contributed by atoms with van der Waals surface area (Å²) in [7, 11) is 0. The predicted molar refractivity (Wildman–Crippen MR) is 181 cm³/mol. The summed E-state index contributed by atoms with van der Waals surface area (Å²) in [6.07, 6.45) is 9.41. The third-order valence-corrected chi connectivity index (χ3v) is 11.0. The topological polar surface area (TPSA) is 64.2 Å². The Morgan fingerprint density at radius 2 is 0.915 bits per heavy atom. The van der Waals surface area contributed by atoms with E-state index in [2.05, 4.69) is 19.6 Å². The summed E-state index contributed by atoms with van der Waals surface area (Å²) in [6, 6.07) is 12.5. The number of urea groups is 1. The van der Waals surface area contributed by atoms with E-state index in [1.54, 1.807) is 24.3 Å². The molecular formula is C37H49ClF2N4O3. The molecule has 2 unspecified atom stereocenters. The first-order valence-corrected chi connectivity index (χ1v) is 17.5. The fraction of sp³-hybridized carbons (Fsp3) is 0.595. The van der Waals surface area contributed by atoms with Gasteiger partial charge in [-0.1, -0.05) is 0 Å². The van der Waals surface area contributed by atoms with Crippen molar-refractivity contribution in [3.63, 3.8) is 0 Å². The number of nitrogens with zero attached hydrogens (tertiary/aromatic N) is 4. The molecule has 0 bridgehead atoms. The van der Waals surface area contributed by atoms with Crippen LogP contribution in [0.5, 0.6) is 0 Å². The Morgan fingerprint density at radius 1 is 0.553 bits per heavy atom. The van der Waals surface area contributed by atoms with Crippen LogP contribution in [0.4, 0.5) is 13.6 Å². The number of Topliss-reactive ketones (excluding diaryl/α,β-unsaturated/α-hetero) is 2. The van der Waals surface area contributed by atoms with Crippen molar-refractivity contribution in [2.75, 3.05) is 52.4 Å². The molecule has 0 saturated carbocycles. The number of hydrogen-bond acceptors (Lipinski definition) is 5. The Kier molecular flexibility index (Phi) is 12.4. The molecule has 2 amide bonds. The number of carbonyl (C=O) groups is 3. The van der Waals surface area contributed by atoms with Gasteiger partial charge in [0.05, 0.1) is 0 Å². The predicted octanol–water partition coefficient (Wildman–Crippen LogP) is 6.71. The van der Waals surface area contributed by atoms with Crippen LogP contribution in [0.1, 0.15) is 84.9 Å². The van der Waals surface area contributed by atoms with Crippen molar-refractivity contribution in [3.05, 3.63) is 71.3 Å². The summed E-state index contributed by atoms with van der Waals surface area (Å²) in [5.41, 5.74) is 1.19. The number of likely N-dealkylation sites (tertiary alicyclic amines) is 4. The van der Waals surface area contributed by atoms with Gasteiger partial charge in [0.25, 0.3) is 0 Å². The van der Waals surface area contributed by atoms with Crippen molar-refractivity contribution < 1.29 is 23.2 Å². The molecule has 4 aliphatic heterocycles. The number of benzene rings is 2. The molecule has 2 aromatic carbocycles. The molecule has 4 heterocycles. The highest BCUT2D eigenvalue weighted by Crippen LogP contribution is 2.29. The van der Waals surface area contributed by atoms with E-state index >= 15 is 0 Å². The molecular weight excluding hydrogens is 622 g/mol. The van der Waals surface area contributed by atoms with E-state index in [0.717, 1.165) is 117 Å². The van der Waals surface area contributed by atoms with Gasteiger partial charge in [0.15, 0.2) is 11.6 Å². The van der Waals surface area contributed by atoms with Crippen LogP contribution in [0.2, 0.25) is 0 Å². The van der Waals surface area contributed by atoms with Gasteiger partial charge in [0.1, 0.15) is 11.6 Å². The van der Waals surface area contributed by atoms with Crippen molar-refractivity contribution in [2.45, 2.75) is 76.3 Å². The van der Waals surface area contributed by atoms with E-state index in [4.69, 9.17) is 0 Å². The summed E-state index contributed by atoms with van der Waals surface area (Å²) in [5, 5.41) is 0. The molecule has 6 rings (SSSR count). The van der Waals surface area contributed by atoms with Crippen LogP contribution in [0.3, 0.4) is 0 Å². The normalized spacial score (nSPS) is 23.2. The molecule has 4 saturated heterocycles. The van der Waals surface area contributed by atoms with Gasteiger partial charge >= 0.3 is 6.03 Å². The minimum Gasteiger partial charge on any atom is -0.322 e. The molecule has 0 N–H and O–H groups in total. The van der Waals surface area contributed by atoms with Crippen molar-refractivity contribution in [2.24, 2.45) is 11.8 Å². The smallest absolute Gasteiger partial charge is 0.320 e. The largest absolute Gasteiger partial charge is 0.322 e. The van der Waals surface area contributed by atoms with Gasteiger partial charge in [-0.2, -0.15) is 0 Å². The average molecular weight is 671 g/mol. The van der Waals surface area contributed by atoms with Crippen LogP contribution >= 0.6 is 12.4 Å². The van der Waals surface area contributed by atoms with Crippen LogP contribution < -0.4 is 0 Å². The molecule has 256 valence electrons. The summed E-state index contributed by atoms with van der Waals surface area (Å²) in [5.74, 6) is -0.416. The number of ketones is 2. The van der Waals surface area contributed by atoms with Crippen molar-refractivity contribution in [3.8, 4) is 0 Å². The minimum atomic E-state index is -0.321. The monoisotopic (exact) mass is 670 g/mol. The van der Waals surface area contributed by atoms with Crippen LogP contribution in [0, 0.1) is 23.5 Å². The Bertz CT molecular complexity index is 1240. The lowest BCUT2D eigenvalue weighted by atomic mass is 9.88. The van der Waals surface area contributed by atoms with Gasteiger partial charge in [-0.05, 0) is 139 Å². The van der Waals surface area contributed by atoms with Crippen molar-refractivity contribution >= 4 is 30.0 Å². The first-order chi connectivity index (χ1) is 22.4. The van der Waals surface area contributed by atoms with E-state index in [9.17, 15) is 23.2 Å². The molecule has 4 aliphatic rings. The summed E-state index contributed by atoms with van der Waals surface area (Å²) >= 11 is 0. The van der Waals surface area contributed by atoms with Gasteiger partial charge in [-0.3, -0.25) is 9.59 Å². The zero-order valence-corrected chi connectivity index (χ0v) is 28.2.